The van der Waals surface area contributed by atoms with Crippen molar-refractivity contribution in [3.05, 3.63) is 98.8 Å². The third kappa shape index (κ3) is 7.82. The third-order valence-corrected chi connectivity index (χ3v) is 8.76. The average molecular weight is 543 g/mol. The van der Waals surface area contributed by atoms with Gasteiger partial charge in [-0.1, -0.05) is 42.5 Å². The van der Waals surface area contributed by atoms with Crippen LogP contribution in [0.5, 0.6) is 0 Å². The Bertz CT molecular complexity index is 1300. The number of hydrogen-bond acceptors (Lipinski definition) is 5. The van der Waals surface area contributed by atoms with E-state index in [1.165, 1.54) is 22.5 Å². The second kappa shape index (κ2) is 12.6. The minimum absolute atomic E-state index is 0.107. The van der Waals surface area contributed by atoms with Crippen LogP contribution in [0.2, 0.25) is 0 Å². The molecule has 1 saturated heterocycles. The monoisotopic (exact) mass is 542 g/mol. The van der Waals surface area contributed by atoms with Gasteiger partial charge in [0.2, 0.25) is 15.9 Å². The number of carbonyl (C=O) groups excluding carboxylic acids is 1. The summed E-state index contributed by atoms with van der Waals surface area (Å²) in [6, 6.07) is 17.1. The van der Waals surface area contributed by atoms with Crippen LogP contribution >= 0.6 is 11.3 Å². The molecule has 1 aliphatic heterocycles. The van der Waals surface area contributed by atoms with Crippen molar-refractivity contribution in [2.75, 3.05) is 19.7 Å². The number of carbonyl (C=O) groups is 1. The van der Waals surface area contributed by atoms with Crippen LogP contribution in [0.15, 0.2) is 71.5 Å². The molecule has 2 heterocycles. The molecule has 6 nitrogen and oxygen atoms in total. The van der Waals surface area contributed by atoms with Crippen LogP contribution in [0, 0.1) is 12.7 Å². The maximum absolute atomic E-state index is 13.6. The quantitative estimate of drug-likeness (QED) is 0.334. The predicted octanol–water partition coefficient (Wildman–Crippen LogP) is 5.21. The molecule has 0 saturated carbocycles. The lowest BCUT2D eigenvalue weighted by molar-refractivity contribution is -0.132. The summed E-state index contributed by atoms with van der Waals surface area (Å²) in [4.78, 5) is 16.3. The summed E-state index contributed by atoms with van der Waals surface area (Å²) in [5.41, 5.74) is 2.58. The lowest BCUT2D eigenvalue weighted by Gasteiger charge is -2.28. The molecule has 1 amide bonds. The van der Waals surface area contributed by atoms with Gasteiger partial charge in [-0.15, -0.1) is 11.3 Å². The smallest absolute Gasteiger partial charge is 0.238 e. The molecule has 0 aliphatic carbocycles. The standard InChI is InChI=1S/C28H31FN2O4S2/c1-22-13-16-36-27(22)20-30(18-24-9-11-25(29)12-10-24)28(32)21-31(19-26-8-5-15-35-26)37(33,34)17-14-23-6-3-2-4-7-23/h2-4,6-7,9-14,16-17,26H,5,8,15,18-21H2,1H3. The van der Waals surface area contributed by atoms with E-state index in [1.54, 1.807) is 28.4 Å². The molecule has 0 bridgehead atoms. The van der Waals surface area contributed by atoms with Gasteiger partial charge in [-0.3, -0.25) is 4.79 Å². The van der Waals surface area contributed by atoms with Crippen LogP contribution in [0.25, 0.3) is 6.08 Å². The molecule has 1 unspecified atom stereocenters. The first-order valence-electron chi connectivity index (χ1n) is 12.2. The number of sulfonamides is 1. The Morgan fingerprint density at radius 2 is 1.86 bits per heavy atom. The Hall–Kier alpha value is -2.85. The summed E-state index contributed by atoms with van der Waals surface area (Å²) >= 11 is 1.55. The normalized spacial score (nSPS) is 16.0. The lowest BCUT2D eigenvalue weighted by Crippen LogP contribution is -2.44. The van der Waals surface area contributed by atoms with Crippen LogP contribution in [-0.2, 0) is 32.6 Å². The predicted molar refractivity (Wildman–Crippen MR) is 145 cm³/mol. The van der Waals surface area contributed by atoms with Crippen molar-refractivity contribution in [2.45, 2.75) is 39.0 Å². The first kappa shape index (κ1) is 27.2. The van der Waals surface area contributed by atoms with E-state index >= 15 is 0 Å². The molecule has 1 atom stereocenters. The van der Waals surface area contributed by atoms with E-state index in [2.05, 4.69) is 0 Å². The molecule has 1 aromatic heterocycles. The van der Waals surface area contributed by atoms with E-state index in [9.17, 15) is 17.6 Å². The van der Waals surface area contributed by atoms with Crippen molar-refractivity contribution in [2.24, 2.45) is 0 Å². The van der Waals surface area contributed by atoms with Gasteiger partial charge in [0, 0.05) is 30.0 Å². The van der Waals surface area contributed by atoms with Crippen LogP contribution < -0.4 is 0 Å². The molecule has 2 aromatic carbocycles. The van der Waals surface area contributed by atoms with Gasteiger partial charge in [-0.05, 0) is 66.1 Å². The van der Waals surface area contributed by atoms with E-state index in [1.807, 2.05) is 48.7 Å². The molecule has 37 heavy (non-hydrogen) atoms. The Labute approximate surface area is 222 Å². The van der Waals surface area contributed by atoms with E-state index in [-0.39, 0.29) is 37.5 Å². The Balaban J connectivity index is 1.57. The highest BCUT2D eigenvalue weighted by molar-refractivity contribution is 7.92. The van der Waals surface area contributed by atoms with Gasteiger partial charge in [-0.2, -0.15) is 4.31 Å². The van der Waals surface area contributed by atoms with Crippen LogP contribution in [-0.4, -0.2) is 49.3 Å². The fourth-order valence-corrected chi connectivity index (χ4v) is 6.21. The molecule has 0 radical (unpaired) electrons. The van der Waals surface area contributed by atoms with Gasteiger partial charge < -0.3 is 9.64 Å². The second-order valence-corrected chi connectivity index (χ2v) is 11.9. The van der Waals surface area contributed by atoms with E-state index in [4.69, 9.17) is 4.74 Å². The molecule has 9 heteroatoms. The molecule has 0 N–H and O–H groups in total. The molecular weight excluding hydrogens is 511 g/mol. The number of amides is 1. The van der Waals surface area contributed by atoms with Gasteiger partial charge in [0.15, 0.2) is 0 Å². The zero-order valence-electron chi connectivity index (χ0n) is 20.8. The van der Waals surface area contributed by atoms with Crippen molar-refractivity contribution in [1.29, 1.82) is 0 Å². The molecule has 196 valence electrons. The largest absolute Gasteiger partial charge is 0.377 e. The fraction of sp³-hybridized carbons (Fsp3) is 0.321. The number of hydrogen-bond donors (Lipinski definition) is 0. The van der Waals surface area contributed by atoms with Crippen LogP contribution in [0.3, 0.4) is 0 Å². The highest BCUT2D eigenvalue weighted by Crippen LogP contribution is 2.21. The third-order valence-electron chi connectivity index (χ3n) is 6.28. The van der Waals surface area contributed by atoms with Crippen molar-refractivity contribution >= 4 is 33.3 Å². The first-order valence-corrected chi connectivity index (χ1v) is 14.6. The Morgan fingerprint density at radius 1 is 1.11 bits per heavy atom. The summed E-state index contributed by atoms with van der Waals surface area (Å²) in [6.07, 6.45) is 2.89. The number of thiophene rings is 1. The highest BCUT2D eigenvalue weighted by atomic mass is 32.2. The second-order valence-electron chi connectivity index (χ2n) is 9.09. The molecule has 4 rings (SSSR count). The summed E-state index contributed by atoms with van der Waals surface area (Å²) in [5, 5.41) is 3.12. The zero-order chi connectivity index (χ0) is 26.3. The van der Waals surface area contributed by atoms with Crippen LogP contribution in [0.4, 0.5) is 4.39 Å². The maximum atomic E-state index is 13.6. The van der Waals surface area contributed by atoms with Gasteiger partial charge in [-0.25, -0.2) is 12.8 Å². The Kier molecular flexibility index (Phi) is 9.26. The Morgan fingerprint density at radius 3 is 2.51 bits per heavy atom. The summed E-state index contributed by atoms with van der Waals surface area (Å²) in [5.74, 6) is -0.679. The molecule has 1 aliphatic rings. The number of nitrogens with zero attached hydrogens (tertiary/aromatic N) is 2. The van der Waals surface area contributed by atoms with Gasteiger partial charge in [0.05, 0.1) is 19.2 Å². The topological polar surface area (TPSA) is 66.9 Å². The number of halogens is 1. The van der Waals surface area contributed by atoms with Crippen LogP contribution in [0.1, 0.15) is 34.4 Å². The highest BCUT2D eigenvalue weighted by Gasteiger charge is 2.30. The summed E-state index contributed by atoms with van der Waals surface area (Å²) in [7, 11) is -3.91. The van der Waals surface area contributed by atoms with Gasteiger partial charge in [0.25, 0.3) is 0 Å². The van der Waals surface area contributed by atoms with E-state index < -0.39 is 10.0 Å². The van der Waals surface area contributed by atoms with E-state index in [0.29, 0.717) is 13.2 Å². The molecule has 1 fully saturated rings. The number of benzene rings is 2. The van der Waals surface area contributed by atoms with Crippen molar-refractivity contribution < 1.29 is 22.3 Å². The lowest BCUT2D eigenvalue weighted by atomic mass is 10.2. The first-order chi connectivity index (χ1) is 17.8. The summed E-state index contributed by atoms with van der Waals surface area (Å²) < 4.78 is 47.2. The minimum atomic E-state index is -3.91. The minimum Gasteiger partial charge on any atom is -0.377 e. The summed E-state index contributed by atoms with van der Waals surface area (Å²) in [6.45, 7) is 2.94. The number of aryl methyl sites for hydroxylation is 1. The fourth-order valence-electron chi connectivity index (χ4n) is 4.12. The van der Waals surface area contributed by atoms with Crippen molar-refractivity contribution in [3.63, 3.8) is 0 Å². The molecule has 3 aromatic rings. The average Bonchev–Trinajstić information content (AvgIpc) is 3.55. The molecule has 0 spiro atoms. The SMILES string of the molecule is Cc1ccsc1CN(Cc1ccc(F)cc1)C(=O)CN(CC1CCCO1)S(=O)(=O)C=Cc1ccccc1. The van der Waals surface area contributed by atoms with Gasteiger partial charge in [0.1, 0.15) is 5.82 Å². The molecular formula is C28H31FN2O4S2. The van der Waals surface area contributed by atoms with Crippen molar-refractivity contribution in [3.8, 4) is 0 Å². The van der Waals surface area contributed by atoms with E-state index in [0.717, 1.165) is 39.8 Å². The zero-order valence-corrected chi connectivity index (χ0v) is 22.4. The van der Waals surface area contributed by atoms with Gasteiger partial charge >= 0.3 is 0 Å². The maximum Gasteiger partial charge on any atom is 0.238 e. The number of rotatable bonds is 11. The van der Waals surface area contributed by atoms with Crippen molar-refractivity contribution in [1.82, 2.24) is 9.21 Å². The number of ether oxygens (including phenoxy) is 1.